The van der Waals surface area contributed by atoms with Crippen LogP contribution < -0.4 is 50.8 Å². The summed E-state index contributed by atoms with van der Waals surface area (Å²) >= 11 is 14.7. The van der Waals surface area contributed by atoms with Gasteiger partial charge >= 0.3 is 37.2 Å². The number of primary amides is 1. The summed E-state index contributed by atoms with van der Waals surface area (Å²) in [6.45, 7) is 2.92. The van der Waals surface area contributed by atoms with Crippen molar-refractivity contribution in [3.05, 3.63) is 63.6 Å². The van der Waals surface area contributed by atoms with Crippen LogP contribution in [-0.2, 0) is 39.9 Å². The molecule has 2 saturated heterocycles. The van der Waals surface area contributed by atoms with E-state index in [9.17, 15) is 62.2 Å². The molecule has 3 heterocycles. The maximum atomic E-state index is 13.6. The van der Waals surface area contributed by atoms with Crippen molar-refractivity contribution in [3.63, 3.8) is 0 Å². The Morgan fingerprint density at radius 2 is 1.84 bits per heavy atom. The number of methoxy groups -OCH3 is 1. The van der Waals surface area contributed by atoms with Crippen molar-refractivity contribution in [2.45, 2.75) is 68.9 Å². The number of aliphatic hydroxyl groups is 3. The number of nitrogens with two attached hydrogens (primary N) is 2. The molecule has 1 aromatic heterocycles. The molecule has 3 aromatic rings. The van der Waals surface area contributed by atoms with Crippen molar-refractivity contribution < 1.29 is 111 Å². The number of aliphatic hydroxyl groups excluding tert-OH is 2. The first-order valence-corrected chi connectivity index (χ1v) is 27.0. The zero-order chi connectivity index (χ0) is 54.6. The molecule has 74 heavy (non-hydrogen) atoms. The smallest absolute Gasteiger partial charge is 0.748 e. The van der Waals surface area contributed by atoms with Crippen LogP contribution in [0.5, 0.6) is 17.2 Å². The molecule has 406 valence electrons. The first-order valence-electron chi connectivity index (χ1n) is 22.1. The number of benzene rings is 2. The number of nitrogens with zero attached hydrogens (tertiary/aromatic N) is 5. The van der Waals surface area contributed by atoms with Gasteiger partial charge in [-0.3, -0.25) is 28.8 Å². The third kappa shape index (κ3) is 16.1. The van der Waals surface area contributed by atoms with E-state index in [-0.39, 0.29) is 87.0 Å². The summed E-state index contributed by atoms with van der Waals surface area (Å²) in [5.41, 5.74) is 7.57. The second-order valence-electron chi connectivity index (χ2n) is 16.6. The Kier molecular flexibility index (Phi) is 25.3. The number of carbonyl (C=O) groups is 4. The fourth-order valence-corrected chi connectivity index (χ4v) is 11.3. The van der Waals surface area contributed by atoms with Gasteiger partial charge in [0.2, 0.25) is 11.6 Å². The van der Waals surface area contributed by atoms with Crippen molar-refractivity contribution in [1.29, 1.82) is 0 Å². The van der Waals surface area contributed by atoms with Crippen LogP contribution in [0.1, 0.15) is 85.7 Å². The fraction of sp³-hybridized carbons (Fsp3) is 0.548. The molecular weight excluding hydrogens is 1090 g/mol. The van der Waals surface area contributed by atoms with Gasteiger partial charge in [0, 0.05) is 99.0 Å². The number of alkyl halides is 2. The van der Waals surface area contributed by atoms with Crippen molar-refractivity contribution >= 4 is 82.7 Å². The van der Waals surface area contributed by atoms with Gasteiger partial charge in [0.25, 0.3) is 5.91 Å². The SMILES string of the molecule is CN(C)/N=N/c1nc[nH]c1C(N)=O.COc1cccc2c1C(=O)c1c(O)c3c(c(O)c1C2=O)C[C@@](O)(C(=O)CO)C[C@@H]3O[C@H]1C[C@H](N)[C@H](O)[C@H](C)O1.O=P1(NCCCl)OCCCN1CCCl.O=S(=O)([O-])CCS.[Na+]. The number of carbonyl (C=O) groups excluding carboxylic acids is 4. The van der Waals surface area contributed by atoms with E-state index in [0.717, 1.165) is 13.0 Å². The number of rotatable bonds is 15. The van der Waals surface area contributed by atoms with E-state index in [1.807, 2.05) is 0 Å². The van der Waals surface area contributed by atoms with Gasteiger partial charge in [-0.1, -0.05) is 17.4 Å². The number of aromatic nitrogens is 2. The van der Waals surface area contributed by atoms with Gasteiger partial charge in [0.05, 0.1) is 65.2 Å². The normalized spacial score (nSPS) is 24.2. The summed E-state index contributed by atoms with van der Waals surface area (Å²) < 4.78 is 65.1. The predicted molar refractivity (Wildman–Crippen MR) is 265 cm³/mol. The number of nitrogens with one attached hydrogen (secondary N) is 2. The Morgan fingerprint density at radius 3 is 2.39 bits per heavy atom. The molecule has 0 saturated carbocycles. The predicted octanol–water partition coefficient (Wildman–Crippen LogP) is -1.58. The van der Waals surface area contributed by atoms with E-state index < -0.39 is 119 Å². The Morgan fingerprint density at radius 1 is 1.16 bits per heavy atom. The van der Waals surface area contributed by atoms with Crippen LogP contribution in [0.4, 0.5) is 5.82 Å². The minimum atomic E-state index is -4.00. The molecule has 4 aliphatic rings. The van der Waals surface area contributed by atoms with Crippen LogP contribution in [0.25, 0.3) is 0 Å². The molecule has 1 unspecified atom stereocenters. The van der Waals surface area contributed by atoms with Crippen molar-refractivity contribution in [3.8, 4) is 17.2 Å². The molecule has 0 bridgehead atoms. The molecular formula is C42H59Cl2N9NaO17PS2. The molecule has 7 rings (SSSR count). The second-order valence-corrected chi connectivity index (χ2v) is 21.5. The summed E-state index contributed by atoms with van der Waals surface area (Å²) in [4.78, 5) is 56.8. The number of aromatic hydroxyl groups is 2. The maximum absolute atomic E-state index is 13.6. The topological polar surface area (TPSA) is 405 Å². The van der Waals surface area contributed by atoms with Crippen LogP contribution in [0, 0.1) is 0 Å². The van der Waals surface area contributed by atoms with Crippen LogP contribution in [-0.4, -0.2) is 189 Å². The second kappa shape index (κ2) is 28.9. The Hall–Kier alpha value is -3.36. The monoisotopic (exact) mass is 1150 g/mol. The number of fused-ring (bicyclic) bond motifs is 3. The minimum absolute atomic E-state index is 0. The van der Waals surface area contributed by atoms with Gasteiger partial charge in [-0.2, -0.15) is 12.6 Å². The van der Waals surface area contributed by atoms with Gasteiger partial charge in [-0.05, 0) is 19.4 Å². The quantitative estimate of drug-likeness (QED) is 0.00938. The zero-order valence-corrected chi connectivity index (χ0v) is 47.1. The Bertz CT molecular complexity index is 2640. The largest absolute Gasteiger partial charge is 1.00 e. The van der Waals surface area contributed by atoms with E-state index in [4.69, 9.17) is 53.4 Å². The number of amides is 1. The first kappa shape index (κ1) is 64.9. The maximum Gasteiger partial charge on any atom is 1.00 e. The number of imidazole rings is 1. The summed E-state index contributed by atoms with van der Waals surface area (Å²) in [6, 6.07) is 3.64. The van der Waals surface area contributed by atoms with Crippen LogP contribution in [0.15, 0.2) is 34.9 Å². The molecule has 11 N–H and O–H groups in total. The first-order chi connectivity index (χ1) is 34.3. The molecule has 32 heteroatoms. The van der Waals surface area contributed by atoms with Gasteiger partial charge in [0.15, 0.2) is 23.6 Å². The van der Waals surface area contributed by atoms with Crippen LogP contribution in [0.2, 0.25) is 0 Å². The molecule has 2 aromatic carbocycles. The molecule has 0 radical (unpaired) electrons. The van der Waals surface area contributed by atoms with E-state index in [1.54, 1.807) is 25.7 Å². The number of ketones is 3. The van der Waals surface area contributed by atoms with E-state index in [0.29, 0.717) is 31.5 Å². The van der Waals surface area contributed by atoms with Gasteiger partial charge in [-0.15, -0.1) is 28.3 Å². The molecule has 26 nitrogen and oxygen atoms in total. The number of hydrogen-bond acceptors (Lipinski definition) is 22. The van der Waals surface area contributed by atoms with Crippen molar-refractivity contribution in [2.75, 3.05) is 77.3 Å². The zero-order valence-electron chi connectivity index (χ0n) is 41.0. The standard InChI is InChI=1S/C27H29NO11.C7H15Cl2N2O2P.C6H10N6O.C2H6O3S2.Na/c1-10-22(31)13(28)6-17(38-10)39-15-8-27(36,16(30)9-29)7-12-19(15)26(35)21-20(24(12)33)23(32)11-4-3-5-14(37-2)18(11)25(21)34;8-2-4-10-14(12)11(6-3-9)5-1-7-13-14;1-12(2)11-10-6-4(5(7)13)8-3-9-6;3-7(4,5)2-1-6;/h3-5,10,13,15,17,22,29,31,33,35-36H,6-9,28H2,1-2H3;1-7H2,(H,10,12);3H,1-2H3,(H2,7,13)(H,8,9);6H,1-2H2,(H,3,4,5);/q;;;;+1/p-1/b;;11-10+;;/t10-,13-,15-,17-,22+,27-;;;;/m0..../s1. The van der Waals surface area contributed by atoms with E-state index in [1.165, 1.54) is 36.6 Å². The third-order valence-electron chi connectivity index (χ3n) is 11.3. The summed E-state index contributed by atoms with van der Waals surface area (Å²) in [5.74, 6) is -3.59. The number of halogens is 2. The number of hydrogen-bond donors (Lipinski definition) is 10. The molecule has 2 aliphatic carbocycles. The molecule has 0 spiro atoms. The van der Waals surface area contributed by atoms with Crippen molar-refractivity contribution in [2.24, 2.45) is 21.8 Å². The molecule has 2 fully saturated rings. The summed E-state index contributed by atoms with van der Waals surface area (Å²) in [6.07, 6.45) is -2.89. The average molecular weight is 1150 g/mol. The summed E-state index contributed by atoms with van der Waals surface area (Å²) in [7, 11) is -2.10. The van der Waals surface area contributed by atoms with Crippen LogP contribution in [0.3, 0.4) is 0 Å². The van der Waals surface area contributed by atoms with E-state index >= 15 is 0 Å². The summed E-state index contributed by atoms with van der Waals surface area (Å²) in [5, 5.41) is 65.4. The number of phenolic OH excluding ortho intramolecular Hbond substituents is 2. The Balaban J connectivity index is 0.000000335. The fourth-order valence-electron chi connectivity index (χ4n) is 7.86. The molecule has 7 atom stereocenters. The van der Waals surface area contributed by atoms with Gasteiger partial charge < -0.3 is 65.3 Å². The Labute approximate surface area is 463 Å². The number of phenols is 2. The molecule has 1 amide bonds. The average Bonchev–Trinajstić information content (AvgIpc) is 3.82. The number of thiol groups is 1. The van der Waals surface area contributed by atoms with E-state index in [2.05, 4.69) is 38.0 Å². The molecule has 2 aliphatic heterocycles. The van der Waals surface area contributed by atoms with Crippen LogP contribution >= 0.6 is 43.5 Å². The van der Waals surface area contributed by atoms with Gasteiger partial charge in [-0.25, -0.2) is 23.2 Å². The van der Waals surface area contributed by atoms with Crippen molar-refractivity contribution in [1.82, 2.24) is 24.7 Å². The number of ether oxygens (including phenoxy) is 3. The number of aromatic amines is 1. The minimum Gasteiger partial charge on any atom is -0.748 e. The third-order valence-corrected chi connectivity index (χ3v) is 15.2. The van der Waals surface area contributed by atoms with Gasteiger partial charge in [0.1, 0.15) is 29.5 Å². The number of Topliss-reactive ketones (excluding diaryl/α,β-unsaturated/α-hetero) is 1. The number of H-pyrrole nitrogens is 1.